The first-order valence-electron chi connectivity index (χ1n) is 24.8. The van der Waals surface area contributed by atoms with Crippen LogP contribution in [-0.4, -0.2) is 171 Å². The SMILES string of the molecule is COCCOCCOCC[N+](CCCS(=O)(=O)O)=c1ccc2c(C(C)(C)C)cc(C=CC=C3N(CCOCCOCCOCCC(=O)On4c(O)ccc4O)c4ccc(S(=O)(=O)O)cc4C3(C)CCCS(=O)(=O)O)oc-2c1. The second-order valence-corrected chi connectivity index (χ2v) is 23.7. The van der Waals surface area contributed by atoms with Crippen LogP contribution < -0.4 is 19.7 Å². The summed E-state index contributed by atoms with van der Waals surface area (Å²) in [4.78, 5) is 18.5. The Kier molecular flexibility index (Phi) is 23.2. The zero-order chi connectivity index (χ0) is 56.4. The van der Waals surface area contributed by atoms with Crippen molar-refractivity contribution < 1.29 is 91.6 Å². The van der Waals surface area contributed by atoms with Gasteiger partial charge >= 0.3 is 5.97 Å². The van der Waals surface area contributed by atoms with E-state index < -0.39 is 65.0 Å². The molecule has 1 unspecified atom stereocenters. The second-order valence-electron chi connectivity index (χ2n) is 19.2. The number of rotatable bonds is 33. The van der Waals surface area contributed by atoms with Gasteiger partial charge in [0.05, 0.1) is 95.0 Å². The molecule has 5 N–H and O–H groups in total. The van der Waals surface area contributed by atoms with Crippen molar-refractivity contribution in [1.29, 1.82) is 0 Å². The van der Waals surface area contributed by atoms with Crippen molar-refractivity contribution in [3.05, 3.63) is 94.7 Å². The normalized spacial score (nSPS) is 16.3. The third kappa shape index (κ3) is 19.6. The van der Waals surface area contributed by atoms with Gasteiger partial charge in [0.25, 0.3) is 30.4 Å². The number of carbonyl (C=O) groups excluding carboxylic acids is 1. The number of hydrogen-bond acceptors (Lipinski definition) is 18. The summed E-state index contributed by atoms with van der Waals surface area (Å²) in [6, 6.07) is 14.2. The topological polar surface area (TPSA) is 310 Å². The molecule has 3 aliphatic rings. The highest BCUT2D eigenvalue weighted by atomic mass is 32.2. The molecule has 1 aliphatic carbocycles. The fourth-order valence-electron chi connectivity index (χ4n) is 8.57. The summed E-state index contributed by atoms with van der Waals surface area (Å²) in [7, 11) is -11.7. The van der Waals surface area contributed by atoms with Gasteiger partial charge in [0.2, 0.25) is 17.1 Å². The van der Waals surface area contributed by atoms with E-state index in [9.17, 15) is 53.9 Å². The number of nitrogens with zero attached hydrogens (tertiary/aromatic N) is 3. The number of fused-ring (bicyclic) bond motifs is 2. The van der Waals surface area contributed by atoms with Gasteiger partial charge in [-0.1, -0.05) is 26.8 Å². The van der Waals surface area contributed by atoms with Crippen LogP contribution in [0.15, 0.2) is 81.8 Å². The summed E-state index contributed by atoms with van der Waals surface area (Å²) in [6.45, 7) is 11.6. The highest BCUT2D eigenvalue weighted by Crippen LogP contribution is 2.51. The maximum atomic E-state index is 12.5. The Morgan fingerprint density at radius 3 is 1.94 bits per heavy atom. The Bertz CT molecular complexity index is 3020. The van der Waals surface area contributed by atoms with E-state index in [2.05, 4.69) is 20.8 Å². The monoisotopic (exact) mass is 1140 g/mol. The van der Waals surface area contributed by atoms with Crippen molar-refractivity contribution in [3.8, 4) is 23.1 Å². The standard InChI is InChI=1S/C51H71N3O20S3/c1-50(2,3)42-36-39(73-45-35-38(11-13-41(42)45)52(19-8-34-76(61,62)63)20-23-69-28-31-71-26-25-67-5)9-6-10-46-51(4,18-7-33-75(58,59)60)43-37-40(77(64,65)66)12-14-44(43)53(46)21-24-70-29-32-72-30-27-68-22-17-49(57)74-54-47(55)15-16-48(54)56/h6,9-16,35-37H,7-8,17-34H2,1-5H3,(H4-,55,56,58,59,60,61,62,63,64,65,66)/p+1. The van der Waals surface area contributed by atoms with Crippen LogP contribution in [0.3, 0.4) is 0 Å². The molecule has 1 aromatic heterocycles. The van der Waals surface area contributed by atoms with Gasteiger partial charge in [-0.15, -0.1) is 4.73 Å². The largest absolute Gasteiger partial charge is 0.492 e. The molecule has 0 amide bonds. The Morgan fingerprint density at radius 1 is 0.727 bits per heavy atom. The van der Waals surface area contributed by atoms with Gasteiger partial charge in [0.1, 0.15) is 24.7 Å². The lowest BCUT2D eigenvalue weighted by atomic mass is 9.77. The maximum Gasteiger partial charge on any atom is 0.335 e. The fraction of sp³-hybridized carbons (Fsp3) is 0.529. The first-order valence-corrected chi connectivity index (χ1v) is 29.5. The van der Waals surface area contributed by atoms with Crippen molar-refractivity contribution in [2.24, 2.45) is 0 Å². The lowest BCUT2D eigenvalue weighted by molar-refractivity contribution is -0.146. The Morgan fingerprint density at radius 2 is 1.32 bits per heavy atom. The molecule has 3 heterocycles. The smallest absolute Gasteiger partial charge is 0.335 e. The second kappa shape index (κ2) is 28.6. The molecule has 0 bridgehead atoms. The third-order valence-corrected chi connectivity index (χ3v) is 14.8. The highest BCUT2D eigenvalue weighted by Gasteiger charge is 2.44. The molecule has 0 spiro atoms. The number of aromatic nitrogens is 1. The first kappa shape index (κ1) is 62.6. The van der Waals surface area contributed by atoms with E-state index in [0.717, 1.165) is 28.6 Å². The Balaban J connectivity index is 1.39. The minimum Gasteiger partial charge on any atom is -0.492 e. The van der Waals surface area contributed by atoms with Crippen LogP contribution in [0.4, 0.5) is 5.69 Å². The number of hydrogen-bond donors (Lipinski definition) is 5. The Labute approximate surface area is 449 Å². The van der Waals surface area contributed by atoms with E-state index in [-0.39, 0.29) is 88.7 Å². The zero-order valence-corrected chi connectivity index (χ0v) is 46.4. The number of benzene rings is 2. The van der Waals surface area contributed by atoms with Gasteiger partial charge in [0.15, 0.2) is 6.54 Å². The molecule has 1 atom stereocenters. The van der Waals surface area contributed by atoms with E-state index in [1.165, 1.54) is 12.1 Å². The van der Waals surface area contributed by atoms with Crippen LogP contribution in [-0.2, 0) is 74.4 Å². The number of anilines is 1. The fourth-order valence-corrected chi connectivity index (χ4v) is 10.1. The van der Waals surface area contributed by atoms with Crippen LogP contribution in [0.5, 0.6) is 11.8 Å². The van der Waals surface area contributed by atoms with Crippen molar-refractivity contribution in [2.45, 2.75) is 69.1 Å². The number of carbonyl (C=O) groups is 1. The number of methoxy groups -OCH3 is 1. The maximum absolute atomic E-state index is 12.5. The molecule has 77 heavy (non-hydrogen) atoms. The average Bonchev–Trinajstić information content (AvgIpc) is 3.81. The molecule has 26 heteroatoms. The zero-order valence-electron chi connectivity index (χ0n) is 44.0. The molecule has 5 rings (SSSR count). The summed E-state index contributed by atoms with van der Waals surface area (Å²) in [5, 5.41) is 20.0. The van der Waals surface area contributed by atoms with Crippen molar-refractivity contribution >= 4 is 48.1 Å². The molecule has 23 nitrogen and oxygen atoms in total. The van der Waals surface area contributed by atoms with Crippen LogP contribution in [0.25, 0.3) is 17.4 Å². The van der Waals surface area contributed by atoms with Gasteiger partial charge in [-0.3, -0.25) is 13.7 Å². The summed E-state index contributed by atoms with van der Waals surface area (Å²) < 4.78 is 144. The van der Waals surface area contributed by atoms with Gasteiger partial charge < -0.3 is 52.8 Å². The van der Waals surface area contributed by atoms with E-state index in [1.54, 1.807) is 25.3 Å². The van der Waals surface area contributed by atoms with Crippen LogP contribution in [0, 0.1) is 0 Å². The van der Waals surface area contributed by atoms with Crippen LogP contribution in [0.2, 0.25) is 0 Å². The predicted octanol–water partition coefficient (Wildman–Crippen LogP) is 4.31. The predicted molar refractivity (Wildman–Crippen MR) is 284 cm³/mol. The molecule has 0 saturated heterocycles. The van der Waals surface area contributed by atoms with Gasteiger partial charge in [-0.25, -0.2) is 9.37 Å². The summed E-state index contributed by atoms with van der Waals surface area (Å²) in [5.41, 5.74) is 2.05. The van der Waals surface area contributed by atoms with E-state index >= 15 is 0 Å². The highest BCUT2D eigenvalue weighted by molar-refractivity contribution is 7.86. The average molecular weight is 1140 g/mol. The van der Waals surface area contributed by atoms with E-state index in [4.69, 9.17) is 37.7 Å². The molecule has 0 saturated carbocycles. The van der Waals surface area contributed by atoms with Crippen molar-refractivity contribution in [3.63, 3.8) is 0 Å². The minimum absolute atomic E-state index is 0.00420. The molecule has 428 valence electrons. The lowest BCUT2D eigenvalue weighted by Crippen LogP contribution is -2.35. The number of aromatic hydroxyl groups is 2. The quantitative estimate of drug-likeness (QED) is 0.0252. The van der Waals surface area contributed by atoms with E-state index in [1.807, 2.05) is 46.7 Å². The van der Waals surface area contributed by atoms with E-state index in [0.29, 0.717) is 72.8 Å². The third-order valence-electron chi connectivity index (χ3n) is 12.3. The number of ether oxygens (including phenoxy) is 6. The molecular formula is C51H72N3O20S3+. The summed E-state index contributed by atoms with van der Waals surface area (Å²) in [5.74, 6) is -1.63. The van der Waals surface area contributed by atoms with Crippen LogP contribution in [0.1, 0.15) is 70.3 Å². The lowest BCUT2D eigenvalue weighted by Gasteiger charge is -2.30. The van der Waals surface area contributed by atoms with Crippen molar-refractivity contribution in [2.75, 3.05) is 116 Å². The molecule has 0 fully saturated rings. The molecule has 1 aromatic carbocycles. The van der Waals surface area contributed by atoms with Crippen LogP contribution >= 0.6 is 0 Å². The molecule has 0 radical (unpaired) electrons. The minimum atomic E-state index is -4.66. The molecule has 2 aromatic rings. The molecule has 2 aliphatic heterocycles. The van der Waals surface area contributed by atoms with Gasteiger partial charge in [-0.05, 0) is 78.8 Å². The molecular weight excluding hydrogens is 1070 g/mol. The number of allylic oxidation sites excluding steroid dienone is 3. The van der Waals surface area contributed by atoms with Gasteiger partial charge in [0, 0.05) is 60.6 Å². The van der Waals surface area contributed by atoms with Gasteiger partial charge in [-0.2, -0.15) is 25.3 Å². The summed E-state index contributed by atoms with van der Waals surface area (Å²) >= 11 is 0. The van der Waals surface area contributed by atoms with Crippen molar-refractivity contribution in [1.82, 2.24) is 9.31 Å². The first-order chi connectivity index (χ1) is 36.3. The Hall–Kier alpha value is -5.23. The summed E-state index contributed by atoms with van der Waals surface area (Å²) in [6.07, 6.45) is 5.44.